The number of carbonyl (C=O) groups excluding carboxylic acids is 1. The van der Waals surface area contributed by atoms with Crippen LogP contribution in [0.25, 0.3) is 11.4 Å². The third-order valence-electron chi connectivity index (χ3n) is 4.39. The van der Waals surface area contributed by atoms with E-state index in [9.17, 15) is 4.79 Å². The molecule has 6 nitrogen and oxygen atoms in total. The van der Waals surface area contributed by atoms with Gasteiger partial charge in [-0.25, -0.2) is 0 Å². The lowest BCUT2D eigenvalue weighted by molar-refractivity contribution is -0.134. The third kappa shape index (κ3) is 5.31. The van der Waals surface area contributed by atoms with Crippen molar-refractivity contribution in [2.24, 2.45) is 5.92 Å². The van der Waals surface area contributed by atoms with E-state index >= 15 is 0 Å². The van der Waals surface area contributed by atoms with Crippen LogP contribution in [0.2, 0.25) is 0 Å². The zero-order valence-corrected chi connectivity index (χ0v) is 16.4. The topological polar surface area (TPSA) is 68.5 Å². The molecule has 0 aliphatic heterocycles. The molecule has 6 heteroatoms. The van der Waals surface area contributed by atoms with Crippen molar-refractivity contribution in [1.82, 2.24) is 15.0 Å². The van der Waals surface area contributed by atoms with Gasteiger partial charge in [0.15, 0.2) is 0 Å². The van der Waals surface area contributed by atoms with E-state index in [2.05, 4.69) is 37.8 Å². The van der Waals surface area contributed by atoms with Gasteiger partial charge >= 0.3 is 0 Å². The minimum atomic E-state index is 0.182. The highest BCUT2D eigenvalue weighted by molar-refractivity contribution is 5.76. The van der Waals surface area contributed by atoms with Crippen molar-refractivity contribution in [3.63, 3.8) is 0 Å². The smallest absolute Gasteiger partial charge is 0.228 e. The lowest BCUT2D eigenvalue weighted by Crippen LogP contribution is -2.40. The normalized spacial score (nSPS) is 12.2. The number of aromatic nitrogens is 2. The molecule has 2 rings (SSSR count). The second kappa shape index (κ2) is 9.36. The largest absolute Gasteiger partial charge is 0.497 e. The van der Waals surface area contributed by atoms with Gasteiger partial charge in [-0.2, -0.15) is 4.98 Å². The minimum Gasteiger partial charge on any atom is -0.497 e. The first kappa shape index (κ1) is 19.9. The summed E-state index contributed by atoms with van der Waals surface area (Å²) in [5, 5.41) is 4.05. The number of ether oxygens (including phenoxy) is 1. The maximum absolute atomic E-state index is 12.5. The molecule has 0 fully saturated rings. The van der Waals surface area contributed by atoms with Gasteiger partial charge in [0.2, 0.25) is 17.6 Å². The lowest BCUT2D eigenvalue weighted by atomic mass is 10.1. The quantitative estimate of drug-likeness (QED) is 0.678. The minimum absolute atomic E-state index is 0.182. The Morgan fingerprint density at radius 3 is 2.73 bits per heavy atom. The zero-order chi connectivity index (χ0) is 19.1. The Labute approximate surface area is 155 Å². The summed E-state index contributed by atoms with van der Waals surface area (Å²) in [5.41, 5.74) is 0.842. The molecule has 1 amide bonds. The molecule has 0 bridgehead atoms. The van der Waals surface area contributed by atoms with Crippen LogP contribution in [0.3, 0.4) is 0 Å². The molecule has 1 atom stereocenters. The maximum Gasteiger partial charge on any atom is 0.228 e. The molecule has 0 radical (unpaired) electrons. The summed E-state index contributed by atoms with van der Waals surface area (Å²) in [6, 6.07) is 7.73. The molecule has 26 heavy (non-hydrogen) atoms. The molecule has 1 aromatic heterocycles. The molecular formula is C20H29N3O3. The second-order valence-electron chi connectivity index (χ2n) is 6.94. The van der Waals surface area contributed by atoms with Crippen LogP contribution in [-0.4, -0.2) is 40.6 Å². The van der Waals surface area contributed by atoms with Crippen molar-refractivity contribution in [1.29, 1.82) is 0 Å². The van der Waals surface area contributed by atoms with Crippen LogP contribution in [0, 0.1) is 5.92 Å². The zero-order valence-electron chi connectivity index (χ0n) is 16.4. The first-order valence-electron chi connectivity index (χ1n) is 9.21. The van der Waals surface area contributed by atoms with E-state index in [1.165, 1.54) is 0 Å². The van der Waals surface area contributed by atoms with Crippen LogP contribution in [0.5, 0.6) is 5.75 Å². The summed E-state index contributed by atoms with van der Waals surface area (Å²) < 4.78 is 10.6. The fourth-order valence-electron chi connectivity index (χ4n) is 2.73. The van der Waals surface area contributed by atoms with Crippen molar-refractivity contribution in [2.45, 2.75) is 53.0 Å². The van der Waals surface area contributed by atoms with Gasteiger partial charge in [-0.3, -0.25) is 4.79 Å². The van der Waals surface area contributed by atoms with Gasteiger partial charge in [0.1, 0.15) is 5.75 Å². The maximum atomic E-state index is 12.5. The Hall–Kier alpha value is -2.37. The summed E-state index contributed by atoms with van der Waals surface area (Å²) in [6.07, 6.45) is 2.02. The van der Waals surface area contributed by atoms with Gasteiger partial charge < -0.3 is 14.2 Å². The monoisotopic (exact) mass is 359 g/mol. The summed E-state index contributed by atoms with van der Waals surface area (Å²) >= 11 is 0. The fourth-order valence-corrected chi connectivity index (χ4v) is 2.73. The van der Waals surface area contributed by atoms with Gasteiger partial charge in [-0.05, 0) is 31.4 Å². The Morgan fingerprint density at radius 2 is 2.08 bits per heavy atom. The van der Waals surface area contributed by atoms with E-state index < -0.39 is 0 Å². The average molecular weight is 359 g/mol. The molecule has 0 unspecified atom stereocenters. The molecule has 0 spiro atoms. The van der Waals surface area contributed by atoms with Gasteiger partial charge in [-0.15, -0.1) is 0 Å². The van der Waals surface area contributed by atoms with Crippen LogP contribution in [-0.2, 0) is 11.2 Å². The van der Waals surface area contributed by atoms with E-state index in [4.69, 9.17) is 9.26 Å². The highest BCUT2D eigenvalue weighted by Gasteiger charge is 2.20. The van der Waals surface area contributed by atoms with E-state index in [1.54, 1.807) is 7.11 Å². The second-order valence-corrected chi connectivity index (χ2v) is 6.94. The summed E-state index contributed by atoms with van der Waals surface area (Å²) in [6.45, 7) is 8.87. The number of carbonyl (C=O) groups is 1. The van der Waals surface area contributed by atoms with Crippen molar-refractivity contribution in [2.75, 3.05) is 13.7 Å². The Bertz CT molecular complexity index is 712. The van der Waals surface area contributed by atoms with E-state index in [-0.39, 0.29) is 11.9 Å². The summed E-state index contributed by atoms with van der Waals surface area (Å²) in [7, 11) is 1.62. The Balaban J connectivity index is 2.05. The number of hydrogen-bond donors (Lipinski definition) is 0. The molecule has 0 N–H and O–H groups in total. The number of rotatable bonds is 9. The number of hydrogen-bond acceptors (Lipinski definition) is 5. The molecule has 0 saturated carbocycles. The molecular weight excluding hydrogens is 330 g/mol. The lowest BCUT2D eigenvalue weighted by Gasteiger charge is -2.29. The van der Waals surface area contributed by atoms with Crippen LogP contribution < -0.4 is 4.74 Å². The first-order valence-corrected chi connectivity index (χ1v) is 9.21. The van der Waals surface area contributed by atoms with Crippen molar-refractivity contribution >= 4 is 5.91 Å². The van der Waals surface area contributed by atoms with Crippen LogP contribution in [0.15, 0.2) is 28.8 Å². The number of methoxy groups -OCH3 is 1. The predicted molar refractivity (Wildman–Crippen MR) is 101 cm³/mol. The molecule has 0 aliphatic rings. The average Bonchev–Trinajstić information content (AvgIpc) is 3.10. The van der Waals surface area contributed by atoms with E-state index in [1.807, 2.05) is 29.2 Å². The molecule has 0 aliphatic carbocycles. The summed E-state index contributed by atoms with van der Waals surface area (Å²) in [5.74, 6) is 2.34. The van der Waals surface area contributed by atoms with Crippen molar-refractivity contribution in [3.8, 4) is 17.1 Å². The number of amides is 1. The highest BCUT2D eigenvalue weighted by Crippen LogP contribution is 2.21. The molecule has 0 saturated heterocycles. The SMILES string of the molecule is CC[C@@H](C)N(CCc1nc(-c2cccc(OC)c2)no1)C(=O)CC(C)C. The molecule has 142 valence electrons. The standard InChI is InChI=1S/C20H29N3O3/c1-6-15(4)23(19(24)12-14(2)3)11-10-18-21-20(22-26-18)16-8-7-9-17(13-16)25-5/h7-9,13-15H,6,10-12H2,1-5H3/t15-/m1/s1. The highest BCUT2D eigenvalue weighted by atomic mass is 16.5. The summed E-state index contributed by atoms with van der Waals surface area (Å²) in [4.78, 5) is 18.9. The van der Waals surface area contributed by atoms with Crippen LogP contribution in [0.4, 0.5) is 0 Å². The van der Waals surface area contributed by atoms with E-state index in [0.717, 1.165) is 17.7 Å². The molecule has 2 aromatic rings. The number of nitrogens with zero attached hydrogens (tertiary/aromatic N) is 3. The Morgan fingerprint density at radius 1 is 1.31 bits per heavy atom. The Kier molecular flexibility index (Phi) is 7.18. The van der Waals surface area contributed by atoms with Gasteiger partial charge in [0.05, 0.1) is 7.11 Å². The van der Waals surface area contributed by atoms with Crippen molar-refractivity contribution in [3.05, 3.63) is 30.2 Å². The van der Waals surface area contributed by atoms with Gasteiger partial charge in [-0.1, -0.05) is 38.1 Å². The van der Waals surface area contributed by atoms with Gasteiger partial charge in [0, 0.05) is 31.0 Å². The molecule has 1 aromatic carbocycles. The van der Waals surface area contributed by atoms with Crippen LogP contribution in [0.1, 0.15) is 46.4 Å². The fraction of sp³-hybridized carbons (Fsp3) is 0.550. The number of benzene rings is 1. The third-order valence-corrected chi connectivity index (χ3v) is 4.39. The predicted octanol–water partition coefficient (Wildman–Crippen LogP) is 3.96. The van der Waals surface area contributed by atoms with Crippen molar-refractivity contribution < 1.29 is 14.1 Å². The first-order chi connectivity index (χ1) is 12.4. The van der Waals surface area contributed by atoms with Gasteiger partial charge in [0.25, 0.3) is 0 Å². The molecule has 1 heterocycles. The van der Waals surface area contributed by atoms with Crippen LogP contribution >= 0.6 is 0 Å². The van der Waals surface area contributed by atoms with E-state index in [0.29, 0.717) is 37.0 Å².